The van der Waals surface area contributed by atoms with Crippen LogP contribution >= 0.6 is 0 Å². The average Bonchev–Trinajstić information content (AvgIpc) is 2.31. The number of aromatic nitrogens is 2. The van der Waals surface area contributed by atoms with E-state index in [0.29, 0.717) is 36.5 Å². The Morgan fingerprint density at radius 2 is 2.24 bits per heavy atom. The molecule has 1 heterocycles. The van der Waals surface area contributed by atoms with E-state index in [4.69, 9.17) is 15.2 Å². The molecule has 0 aliphatic rings. The largest absolute Gasteiger partial charge is 0.476 e. The van der Waals surface area contributed by atoms with Crippen molar-refractivity contribution in [2.24, 2.45) is 5.92 Å². The van der Waals surface area contributed by atoms with Gasteiger partial charge < -0.3 is 20.5 Å². The maximum Gasteiger partial charge on any atom is 0.242 e. The second kappa shape index (κ2) is 6.90. The molecule has 0 saturated heterocycles. The lowest BCUT2D eigenvalue weighted by atomic mass is 10.2. The molecule has 1 rings (SSSR count). The minimum Gasteiger partial charge on any atom is -0.476 e. The Kier molecular flexibility index (Phi) is 5.48. The molecule has 0 saturated carbocycles. The molecular weight excluding hydrogens is 220 g/mol. The van der Waals surface area contributed by atoms with Crippen LogP contribution in [0, 0.1) is 5.92 Å². The summed E-state index contributed by atoms with van der Waals surface area (Å²) in [7, 11) is 1.68. The smallest absolute Gasteiger partial charge is 0.242 e. The van der Waals surface area contributed by atoms with E-state index < -0.39 is 0 Å². The molecular formula is C11H20N4O2. The van der Waals surface area contributed by atoms with Crippen LogP contribution in [0.5, 0.6) is 5.88 Å². The molecule has 6 heteroatoms. The van der Waals surface area contributed by atoms with Gasteiger partial charge in [0.1, 0.15) is 12.0 Å². The van der Waals surface area contributed by atoms with Gasteiger partial charge in [-0.3, -0.25) is 0 Å². The topological polar surface area (TPSA) is 82.3 Å². The SMILES string of the molecule is CCOc1ncnc(NCC(C)COC)c1N. The Morgan fingerprint density at radius 3 is 2.88 bits per heavy atom. The van der Waals surface area contributed by atoms with Gasteiger partial charge >= 0.3 is 0 Å². The summed E-state index contributed by atoms with van der Waals surface area (Å²) in [5.41, 5.74) is 6.33. The van der Waals surface area contributed by atoms with Crippen LogP contribution in [0.3, 0.4) is 0 Å². The third kappa shape index (κ3) is 4.07. The van der Waals surface area contributed by atoms with Crippen LogP contribution in [0.25, 0.3) is 0 Å². The van der Waals surface area contributed by atoms with Crippen molar-refractivity contribution < 1.29 is 9.47 Å². The van der Waals surface area contributed by atoms with Crippen LogP contribution in [-0.2, 0) is 4.74 Å². The molecule has 1 aromatic rings. The van der Waals surface area contributed by atoms with Crippen molar-refractivity contribution in [3.63, 3.8) is 0 Å². The molecule has 0 radical (unpaired) electrons. The van der Waals surface area contributed by atoms with Gasteiger partial charge in [-0.05, 0) is 12.8 Å². The molecule has 96 valence electrons. The zero-order valence-electron chi connectivity index (χ0n) is 10.6. The summed E-state index contributed by atoms with van der Waals surface area (Å²) >= 11 is 0. The molecule has 6 nitrogen and oxygen atoms in total. The number of nitrogens with two attached hydrogens (primary N) is 1. The fourth-order valence-corrected chi connectivity index (χ4v) is 1.39. The molecule has 1 unspecified atom stereocenters. The first-order chi connectivity index (χ1) is 8.19. The van der Waals surface area contributed by atoms with Crippen LogP contribution in [-0.4, -0.2) is 36.8 Å². The molecule has 1 aromatic heterocycles. The van der Waals surface area contributed by atoms with Crippen molar-refractivity contribution >= 4 is 11.5 Å². The van der Waals surface area contributed by atoms with E-state index in [1.807, 2.05) is 6.92 Å². The van der Waals surface area contributed by atoms with Crippen molar-refractivity contribution in [2.45, 2.75) is 13.8 Å². The second-order valence-electron chi connectivity index (χ2n) is 3.82. The third-order valence-corrected chi connectivity index (χ3v) is 2.20. The van der Waals surface area contributed by atoms with E-state index in [0.717, 1.165) is 6.54 Å². The summed E-state index contributed by atoms with van der Waals surface area (Å²) in [5.74, 6) is 1.40. The second-order valence-corrected chi connectivity index (χ2v) is 3.82. The Hall–Kier alpha value is -1.56. The van der Waals surface area contributed by atoms with Gasteiger partial charge in [-0.1, -0.05) is 6.92 Å². The number of methoxy groups -OCH3 is 1. The van der Waals surface area contributed by atoms with Crippen molar-refractivity contribution in [2.75, 3.05) is 37.9 Å². The summed E-state index contributed by atoms with van der Waals surface area (Å²) < 4.78 is 10.3. The van der Waals surface area contributed by atoms with Crippen LogP contribution in [0.1, 0.15) is 13.8 Å². The van der Waals surface area contributed by atoms with Gasteiger partial charge in [-0.2, -0.15) is 4.98 Å². The van der Waals surface area contributed by atoms with Gasteiger partial charge in [0.05, 0.1) is 13.2 Å². The first-order valence-corrected chi connectivity index (χ1v) is 5.65. The van der Waals surface area contributed by atoms with Crippen LogP contribution < -0.4 is 15.8 Å². The highest BCUT2D eigenvalue weighted by Gasteiger charge is 2.09. The fourth-order valence-electron chi connectivity index (χ4n) is 1.39. The quantitative estimate of drug-likeness (QED) is 0.744. The van der Waals surface area contributed by atoms with Crippen LogP contribution in [0.15, 0.2) is 6.33 Å². The molecule has 17 heavy (non-hydrogen) atoms. The molecule has 0 spiro atoms. The lowest BCUT2D eigenvalue weighted by Crippen LogP contribution is -2.17. The highest BCUT2D eigenvalue weighted by atomic mass is 16.5. The van der Waals surface area contributed by atoms with Crippen LogP contribution in [0.4, 0.5) is 11.5 Å². The molecule has 3 N–H and O–H groups in total. The highest BCUT2D eigenvalue weighted by molar-refractivity contribution is 5.66. The first-order valence-electron chi connectivity index (χ1n) is 5.65. The van der Waals surface area contributed by atoms with E-state index in [1.165, 1.54) is 6.33 Å². The Morgan fingerprint density at radius 1 is 1.47 bits per heavy atom. The highest BCUT2D eigenvalue weighted by Crippen LogP contribution is 2.24. The number of nitrogens with one attached hydrogen (secondary N) is 1. The predicted octanol–water partition coefficient (Wildman–Crippen LogP) is 1.15. The summed E-state index contributed by atoms with van der Waals surface area (Å²) in [6.07, 6.45) is 1.44. The molecule has 1 atom stereocenters. The summed E-state index contributed by atoms with van der Waals surface area (Å²) in [4.78, 5) is 8.05. The Bertz CT molecular complexity index is 346. The minimum absolute atomic E-state index is 0.380. The molecule has 0 aromatic carbocycles. The van der Waals surface area contributed by atoms with Gasteiger partial charge in [-0.15, -0.1) is 0 Å². The first kappa shape index (κ1) is 13.5. The van der Waals surface area contributed by atoms with Crippen molar-refractivity contribution in [1.82, 2.24) is 9.97 Å². The Balaban J connectivity index is 2.61. The third-order valence-electron chi connectivity index (χ3n) is 2.20. The Labute approximate surface area is 102 Å². The van der Waals surface area contributed by atoms with E-state index in [2.05, 4.69) is 22.2 Å². The number of ether oxygens (including phenoxy) is 2. The van der Waals surface area contributed by atoms with Crippen molar-refractivity contribution in [3.05, 3.63) is 6.33 Å². The van der Waals surface area contributed by atoms with Crippen molar-refractivity contribution in [1.29, 1.82) is 0 Å². The lowest BCUT2D eigenvalue weighted by molar-refractivity contribution is 0.164. The molecule has 0 bridgehead atoms. The van der Waals surface area contributed by atoms with Crippen LogP contribution in [0.2, 0.25) is 0 Å². The molecule has 0 aliphatic carbocycles. The van der Waals surface area contributed by atoms with E-state index in [9.17, 15) is 0 Å². The molecule has 0 fully saturated rings. The zero-order valence-corrected chi connectivity index (χ0v) is 10.6. The average molecular weight is 240 g/mol. The van der Waals surface area contributed by atoms with E-state index in [1.54, 1.807) is 7.11 Å². The van der Waals surface area contributed by atoms with Gasteiger partial charge in [0.2, 0.25) is 5.88 Å². The zero-order chi connectivity index (χ0) is 12.7. The predicted molar refractivity (Wildman–Crippen MR) is 67.1 cm³/mol. The summed E-state index contributed by atoms with van der Waals surface area (Å²) in [5, 5.41) is 3.16. The van der Waals surface area contributed by atoms with Gasteiger partial charge in [0.25, 0.3) is 0 Å². The molecule has 0 aliphatic heterocycles. The summed E-state index contributed by atoms with van der Waals surface area (Å²) in [6, 6.07) is 0. The number of nitrogens with zero attached hydrogens (tertiary/aromatic N) is 2. The van der Waals surface area contributed by atoms with Gasteiger partial charge in [0, 0.05) is 13.7 Å². The number of hydrogen-bond donors (Lipinski definition) is 2. The normalized spacial score (nSPS) is 12.2. The minimum atomic E-state index is 0.380. The van der Waals surface area contributed by atoms with Crippen molar-refractivity contribution in [3.8, 4) is 5.88 Å². The monoisotopic (exact) mass is 240 g/mol. The van der Waals surface area contributed by atoms with E-state index in [-0.39, 0.29) is 0 Å². The lowest BCUT2D eigenvalue weighted by Gasteiger charge is -2.14. The number of anilines is 2. The van der Waals surface area contributed by atoms with Gasteiger partial charge in [-0.25, -0.2) is 4.98 Å². The number of nitrogen functional groups attached to an aromatic ring is 1. The standard InChI is InChI=1S/C11H20N4O2/c1-4-17-11-9(12)10(14-7-15-11)13-5-8(2)6-16-3/h7-8H,4-6,12H2,1-3H3,(H,13,14,15). The number of rotatable bonds is 7. The maximum absolute atomic E-state index is 5.89. The van der Waals surface area contributed by atoms with Gasteiger partial charge in [0.15, 0.2) is 5.82 Å². The fraction of sp³-hybridized carbons (Fsp3) is 0.636. The van der Waals surface area contributed by atoms with E-state index >= 15 is 0 Å². The summed E-state index contributed by atoms with van der Waals surface area (Å²) in [6.45, 7) is 5.92. The molecule has 0 amide bonds. The number of hydrogen-bond acceptors (Lipinski definition) is 6. The maximum atomic E-state index is 5.89.